The zero-order valence-electron chi connectivity index (χ0n) is 8.30. The van der Waals surface area contributed by atoms with Gasteiger partial charge in [-0.25, -0.2) is 5.11 Å². The van der Waals surface area contributed by atoms with Crippen molar-refractivity contribution in [2.75, 3.05) is 0 Å². The van der Waals surface area contributed by atoms with Crippen LogP contribution >= 0.6 is 0 Å². The zero-order chi connectivity index (χ0) is 11.7. The lowest BCUT2D eigenvalue weighted by Gasteiger charge is -1.94. The number of nitro groups is 1. The van der Waals surface area contributed by atoms with Crippen molar-refractivity contribution in [2.24, 2.45) is 0 Å². The second-order valence-electron chi connectivity index (χ2n) is 3.12. The number of rotatable bonds is 2. The maximum atomic E-state index is 11.3. The fraction of sp³-hybridized carbons (Fsp3) is 0.100. The highest BCUT2D eigenvalue weighted by Gasteiger charge is 2.16. The summed E-state index contributed by atoms with van der Waals surface area (Å²) in [6, 6.07) is 5.47. The molecule has 0 saturated carbocycles. The van der Waals surface area contributed by atoms with E-state index >= 15 is 0 Å². The molecule has 0 N–H and O–H groups in total. The molecule has 0 atom stereocenters. The minimum atomic E-state index is -0.591. The van der Waals surface area contributed by atoms with E-state index < -0.39 is 10.9 Å². The normalized spacial score (nSPS) is 10.3. The van der Waals surface area contributed by atoms with Crippen molar-refractivity contribution in [1.82, 2.24) is 0 Å². The fourth-order valence-electron chi connectivity index (χ4n) is 1.29. The number of benzene rings is 1. The quantitative estimate of drug-likeness (QED) is 0.440. The van der Waals surface area contributed by atoms with Crippen LogP contribution in [0.3, 0.4) is 0 Å². The van der Waals surface area contributed by atoms with E-state index in [1.807, 2.05) is 0 Å². The van der Waals surface area contributed by atoms with Crippen LogP contribution in [-0.2, 0) is 0 Å². The summed E-state index contributed by atoms with van der Waals surface area (Å²) in [7, 11) is 0. The third-order valence-electron chi connectivity index (χ3n) is 2.01. The fourth-order valence-corrected chi connectivity index (χ4v) is 1.29. The van der Waals surface area contributed by atoms with Gasteiger partial charge in [-0.2, -0.15) is 0 Å². The first-order valence-electron chi connectivity index (χ1n) is 4.43. The van der Waals surface area contributed by atoms with Crippen molar-refractivity contribution in [3.05, 3.63) is 40.3 Å². The maximum Gasteiger partial charge on any atom is 0.382 e. The summed E-state index contributed by atoms with van der Waals surface area (Å²) in [6.45, 7) is 1.51. The molecule has 0 unspecified atom stereocenters. The summed E-state index contributed by atoms with van der Waals surface area (Å²) in [5, 5.41) is 21.7. The molecule has 1 aromatic heterocycles. The van der Waals surface area contributed by atoms with Gasteiger partial charge in [-0.3, -0.25) is 10.1 Å². The molecule has 0 aliphatic rings. The Morgan fingerprint density at radius 2 is 1.94 bits per heavy atom. The molecule has 0 spiro atoms. The average molecular weight is 221 g/mol. The molecule has 2 rings (SSSR count). The van der Waals surface area contributed by atoms with Gasteiger partial charge in [0.2, 0.25) is 5.76 Å². The lowest BCUT2D eigenvalue weighted by molar-refractivity contribution is -0.384. The van der Waals surface area contributed by atoms with Gasteiger partial charge in [0.25, 0.3) is 11.6 Å². The molecule has 0 saturated heterocycles. The van der Waals surface area contributed by atoms with Gasteiger partial charge in [-0.05, 0) is 12.1 Å². The van der Waals surface area contributed by atoms with Crippen LogP contribution < -0.4 is 5.11 Å². The number of aryl methyl sites for hydroxylation is 1. The Hall–Kier alpha value is -2.37. The van der Waals surface area contributed by atoms with E-state index in [-0.39, 0.29) is 17.4 Å². The molecule has 0 fully saturated rings. The van der Waals surface area contributed by atoms with Crippen LogP contribution in [0.1, 0.15) is 5.96 Å². The first kappa shape index (κ1) is 10.2. The minimum absolute atomic E-state index is 0.0450. The van der Waals surface area contributed by atoms with Gasteiger partial charge >= 0.3 is 5.95 Å². The van der Waals surface area contributed by atoms with Gasteiger partial charge in [-0.1, -0.05) is 0 Å². The highest BCUT2D eigenvalue weighted by Crippen LogP contribution is 2.31. The Morgan fingerprint density at radius 1 is 1.31 bits per heavy atom. The second-order valence-corrected chi connectivity index (χ2v) is 3.12. The highest BCUT2D eigenvalue weighted by atomic mass is 16.6. The first-order valence-corrected chi connectivity index (χ1v) is 4.43. The summed E-state index contributed by atoms with van der Waals surface area (Å²) in [4.78, 5) is 9.91. The van der Waals surface area contributed by atoms with Crippen LogP contribution in [0.15, 0.2) is 33.1 Å². The predicted octanol–water partition coefficient (Wildman–Crippen LogP) is 2.11. The molecule has 6 nitrogen and oxygen atoms in total. The molecule has 0 radical (unpaired) electrons. The van der Waals surface area contributed by atoms with Crippen molar-refractivity contribution >= 4 is 5.69 Å². The molecule has 0 aliphatic carbocycles. The molecule has 82 valence electrons. The van der Waals surface area contributed by atoms with Crippen LogP contribution in [0.25, 0.3) is 11.3 Å². The molecule has 16 heavy (non-hydrogen) atoms. The summed E-state index contributed by atoms with van der Waals surface area (Å²) in [5.74, 6) is -0.392. The number of nitrogens with zero attached hydrogens (tertiary/aromatic N) is 1. The number of nitro benzene ring substituents is 1. The smallest absolute Gasteiger partial charge is 0.382 e. The average Bonchev–Trinajstić information content (AvgIpc) is 2.58. The summed E-state index contributed by atoms with van der Waals surface area (Å²) < 4.78 is 9.74. The van der Waals surface area contributed by atoms with Crippen molar-refractivity contribution in [3.8, 4) is 17.3 Å². The zero-order valence-corrected chi connectivity index (χ0v) is 8.30. The Labute approximate surface area is 89.9 Å². The largest absolute Gasteiger partial charge is 0.421 e. The molecule has 1 heterocycles. The van der Waals surface area contributed by atoms with Crippen LogP contribution in [-0.4, -0.2) is 4.92 Å². The molecule has 0 bridgehead atoms. The number of hydrogen-bond donors (Lipinski definition) is 0. The van der Waals surface area contributed by atoms with Gasteiger partial charge in [0.05, 0.1) is 4.92 Å². The third kappa shape index (κ3) is 1.72. The van der Waals surface area contributed by atoms with E-state index in [4.69, 9.17) is 8.83 Å². The van der Waals surface area contributed by atoms with E-state index in [2.05, 4.69) is 0 Å². The van der Waals surface area contributed by atoms with Gasteiger partial charge in [0.15, 0.2) is 0 Å². The summed E-state index contributed by atoms with van der Waals surface area (Å²) in [5.41, 5.74) is 0.406. The standard InChI is InChI=1S/C10H7NO5/c1-6-15-9(10(12)16-6)7-2-4-8(5-3-7)11(13)14/h2-5H,1H3. The summed E-state index contributed by atoms with van der Waals surface area (Å²) >= 11 is 0. The Morgan fingerprint density at radius 3 is 2.38 bits per heavy atom. The molecule has 0 aliphatic heterocycles. The Kier molecular flexibility index (Phi) is 2.32. The van der Waals surface area contributed by atoms with Gasteiger partial charge in [0, 0.05) is 24.6 Å². The number of hydrogen-bond acceptors (Lipinski definition) is 4. The maximum absolute atomic E-state index is 11.3. The highest BCUT2D eigenvalue weighted by molar-refractivity contribution is 5.62. The third-order valence-corrected chi connectivity index (χ3v) is 2.01. The molecule has 6 heteroatoms. The van der Waals surface area contributed by atoms with Crippen LogP contribution in [0.2, 0.25) is 0 Å². The SMILES string of the molecule is Cc1oc(-c2ccc([N+](=O)[O-])cc2)c([O-])[o+]1. The van der Waals surface area contributed by atoms with Gasteiger partial charge in [0.1, 0.15) is 0 Å². The van der Waals surface area contributed by atoms with Crippen molar-refractivity contribution in [3.63, 3.8) is 0 Å². The van der Waals surface area contributed by atoms with E-state index in [0.29, 0.717) is 5.56 Å². The minimum Gasteiger partial charge on any atom is -0.421 e. The molecule has 1 aromatic carbocycles. The van der Waals surface area contributed by atoms with Gasteiger partial charge in [-0.15, -0.1) is 0 Å². The topological polar surface area (TPSA) is 90.6 Å². The van der Waals surface area contributed by atoms with Crippen LogP contribution in [0.5, 0.6) is 5.95 Å². The lowest BCUT2D eigenvalue weighted by Crippen LogP contribution is -1.90. The Balaban J connectivity index is 2.42. The van der Waals surface area contributed by atoms with Crippen molar-refractivity contribution in [2.45, 2.75) is 6.92 Å². The van der Waals surface area contributed by atoms with Crippen LogP contribution in [0.4, 0.5) is 5.69 Å². The molecular weight excluding hydrogens is 214 g/mol. The number of non-ortho nitro benzene ring substituents is 1. The van der Waals surface area contributed by atoms with Gasteiger partial charge < -0.3 is 8.83 Å². The van der Waals surface area contributed by atoms with Crippen LogP contribution in [0, 0.1) is 17.0 Å². The van der Waals surface area contributed by atoms with E-state index in [1.54, 1.807) is 0 Å². The Bertz CT molecular complexity index is 529. The molecule has 2 aromatic rings. The lowest BCUT2D eigenvalue weighted by atomic mass is 10.2. The monoisotopic (exact) mass is 221 g/mol. The first-order chi connectivity index (χ1) is 7.58. The van der Waals surface area contributed by atoms with Crippen molar-refractivity contribution < 1.29 is 18.9 Å². The predicted molar refractivity (Wildman–Crippen MR) is 51.7 cm³/mol. The van der Waals surface area contributed by atoms with E-state index in [0.717, 1.165) is 0 Å². The van der Waals surface area contributed by atoms with E-state index in [9.17, 15) is 15.2 Å². The van der Waals surface area contributed by atoms with E-state index in [1.165, 1.54) is 31.2 Å². The molecule has 0 amide bonds. The summed E-state index contributed by atoms with van der Waals surface area (Å²) in [6.07, 6.45) is 0. The van der Waals surface area contributed by atoms with Crippen molar-refractivity contribution in [1.29, 1.82) is 0 Å². The second kappa shape index (κ2) is 3.65. The molecular formula is C10H7NO5.